The first-order chi connectivity index (χ1) is 18.5. The normalized spacial score (nSPS) is 11.7. The number of carbonyl (C=O) groups is 1. The average molecular weight is 588 g/mol. The molecule has 39 heavy (non-hydrogen) atoms. The van der Waals surface area contributed by atoms with Gasteiger partial charge in [0.05, 0.1) is 27.1 Å². The lowest BCUT2D eigenvalue weighted by Gasteiger charge is -2.13. The van der Waals surface area contributed by atoms with Crippen molar-refractivity contribution in [3.05, 3.63) is 81.8 Å². The number of nitrogens with one attached hydrogen (secondary N) is 1. The van der Waals surface area contributed by atoms with E-state index in [9.17, 15) is 22.9 Å². The van der Waals surface area contributed by atoms with E-state index in [1.165, 1.54) is 12.1 Å². The van der Waals surface area contributed by atoms with Crippen LogP contribution in [0.5, 0.6) is 11.5 Å². The van der Waals surface area contributed by atoms with E-state index >= 15 is 0 Å². The lowest BCUT2D eigenvalue weighted by atomic mass is 10.0. The minimum Gasteiger partial charge on any atom is -0.505 e. The molecule has 0 atom stereocenters. The maximum atomic E-state index is 13.2. The maximum absolute atomic E-state index is 13.2. The minimum absolute atomic E-state index is 0.0339. The number of amides is 1. The Morgan fingerprint density at radius 2 is 1.74 bits per heavy atom. The molecule has 4 aromatic carbocycles. The number of azo groups is 1. The number of anilines is 1. The molecule has 4 aromatic rings. The van der Waals surface area contributed by atoms with Gasteiger partial charge in [0, 0.05) is 17.1 Å². The zero-order valence-corrected chi connectivity index (χ0v) is 23.1. The van der Waals surface area contributed by atoms with Gasteiger partial charge < -0.3 is 15.2 Å². The van der Waals surface area contributed by atoms with Crippen LogP contribution in [0.25, 0.3) is 10.8 Å². The molecule has 0 radical (unpaired) electrons. The molecule has 12 heteroatoms. The van der Waals surface area contributed by atoms with Crippen molar-refractivity contribution < 1.29 is 27.6 Å². The smallest absolute Gasteiger partial charge is 0.294 e. The number of hydrogen-bond acceptors (Lipinski definition) is 7. The molecule has 3 N–H and O–H groups in total. The third kappa shape index (κ3) is 6.15. The van der Waals surface area contributed by atoms with Gasteiger partial charge in [0.15, 0.2) is 5.75 Å². The molecule has 0 unspecified atom stereocenters. The van der Waals surface area contributed by atoms with Crippen LogP contribution in [0.15, 0.2) is 75.8 Å². The molecule has 0 bridgehead atoms. The first-order valence-corrected chi connectivity index (χ1v) is 13.9. The number of fused-ring (bicyclic) bond motifs is 1. The summed E-state index contributed by atoms with van der Waals surface area (Å²) in [4.78, 5) is 12.9. The number of aromatic hydroxyl groups is 1. The number of aryl methyl sites for hydroxylation is 1. The summed E-state index contributed by atoms with van der Waals surface area (Å²) in [7, 11) is -4.55. The molecule has 0 saturated carbocycles. The van der Waals surface area contributed by atoms with Crippen molar-refractivity contribution in [3.63, 3.8) is 0 Å². The number of phenolic OH excluding ortho intramolecular Hbond substituents is 1. The molecule has 202 valence electrons. The molecule has 0 spiro atoms. The monoisotopic (exact) mass is 587 g/mol. The number of rotatable bonds is 8. The highest BCUT2D eigenvalue weighted by Crippen LogP contribution is 2.41. The second-order valence-corrected chi connectivity index (χ2v) is 10.5. The van der Waals surface area contributed by atoms with Crippen LogP contribution in [-0.2, 0) is 16.5 Å². The van der Waals surface area contributed by atoms with Gasteiger partial charge in [0.2, 0.25) is 0 Å². The lowest BCUT2D eigenvalue weighted by molar-refractivity contribution is 0.102. The van der Waals surface area contributed by atoms with Gasteiger partial charge in [-0.2, -0.15) is 8.42 Å². The predicted octanol–water partition coefficient (Wildman–Crippen LogP) is 7.73. The predicted molar refractivity (Wildman–Crippen MR) is 151 cm³/mol. The topological polar surface area (TPSA) is 138 Å². The highest BCUT2D eigenvalue weighted by Gasteiger charge is 2.21. The summed E-state index contributed by atoms with van der Waals surface area (Å²) < 4.78 is 38.8. The fourth-order valence-corrected chi connectivity index (χ4v) is 5.11. The van der Waals surface area contributed by atoms with Gasteiger partial charge in [-0.25, -0.2) is 0 Å². The first kappa shape index (κ1) is 28.3. The van der Waals surface area contributed by atoms with Crippen LogP contribution >= 0.6 is 23.2 Å². The highest BCUT2D eigenvalue weighted by atomic mass is 35.5. The third-order valence-corrected chi connectivity index (χ3v) is 7.33. The Morgan fingerprint density at radius 1 is 1.00 bits per heavy atom. The van der Waals surface area contributed by atoms with Gasteiger partial charge in [0.1, 0.15) is 17.1 Å². The Hall–Kier alpha value is -3.70. The largest absolute Gasteiger partial charge is 0.505 e. The van der Waals surface area contributed by atoms with Crippen molar-refractivity contribution in [3.8, 4) is 11.5 Å². The van der Waals surface area contributed by atoms with Gasteiger partial charge in [-0.3, -0.25) is 9.35 Å². The summed E-state index contributed by atoms with van der Waals surface area (Å²) in [6.07, 6.45) is 0.300. The van der Waals surface area contributed by atoms with E-state index < -0.39 is 21.8 Å². The van der Waals surface area contributed by atoms with Crippen LogP contribution in [0.4, 0.5) is 17.1 Å². The number of halogens is 2. The average Bonchev–Trinajstić information content (AvgIpc) is 2.89. The maximum Gasteiger partial charge on any atom is 0.294 e. The molecule has 1 amide bonds. The zero-order valence-electron chi connectivity index (χ0n) is 20.8. The first-order valence-electron chi connectivity index (χ1n) is 11.7. The van der Waals surface area contributed by atoms with Crippen molar-refractivity contribution in [2.45, 2.75) is 25.2 Å². The van der Waals surface area contributed by atoms with Crippen LogP contribution in [-0.4, -0.2) is 30.6 Å². The molecule has 0 aromatic heterocycles. The summed E-state index contributed by atoms with van der Waals surface area (Å²) in [5, 5.41) is 23.6. The summed E-state index contributed by atoms with van der Waals surface area (Å²) in [5.41, 5.74) is 0.534. The van der Waals surface area contributed by atoms with Gasteiger partial charge >= 0.3 is 0 Å². The van der Waals surface area contributed by atoms with Crippen LogP contribution in [0, 0.1) is 0 Å². The standard InChI is InChI=1S/C27H23Cl2N3O6S/c1-3-15-12-21(29)22(14-24(15)39(35,36)37)31-32-25-18-8-6-5-7-16(18)11-19(26(25)33)27(34)30-17-9-10-20(28)23(13-17)38-4-2/h5-14,33H,3-4H2,1-2H3,(H,30,34)(H,35,36,37). The molecule has 0 fully saturated rings. The minimum atomic E-state index is -4.55. The Balaban J connectivity index is 1.78. The van der Waals surface area contributed by atoms with Crippen molar-refractivity contribution in [1.82, 2.24) is 0 Å². The van der Waals surface area contributed by atoms with E-state index in [1.54, 1.807) is 56.3 Å². The van der Waals surface area contributed by atoms with E-state index in [0.717, 1.165) is 6.07 Å². The number of hydrogen-bond donors (Lipinski definition) is 3. The van der Waals surface area contributed by atoms with Crippen molar-refractivity contribution in [2.24, 2.45) is 10.2 Å². The Morgan fingerprint density at radius 3 is 2.44 bits per heavy atom. The van der Waals surface area contributed by atoms with E-state index in [0.29, 0.717) is 45.8 Å². The molecule has 9 nitrogen and oxygen atoms in total. The Labute approximate surface area is 234 Å². The van der Waals surface area contributed by atoms with E-state index in [1.807, 2.05) is 0 Å². The number of carbonyl (C=O) groups excluding carboxylic acids is 1. The van der Waals surface area contributed by atoms with E-state index in [2.05, 4.69) is 15.5 Å². The second kappa shape index (κ2) is 11.6. The molecule has 0 aliphatic heterocycles. The quantitative estimate of drug-likeness (QED) is 0.142. The molecular weight excluding hydrogens is 565 g/mol. The van der Waals surface area contributed by atoms with Crippen LogP contribution in [0.1, 0.15) is 29.8 Å². The van der Waals surface area contributed by atoms with Crippen LogP contribution in [0.2, 0.25) is 10.0 Å². The van der Waals surface area contributed by atoms with Crippen molar-refractivity contribution in [2.75, 3.05) is 11.9 Å². The summed E-state index contributed by atoms with van der Waals surface area (Å²) >= 11 is 12.4. The summed E-state index contributed by atoms with van der Waals surface area (Å²) in [6.45, 7) is 3.90. The molecule has 0 aliphatic carbocycles. The fourth-order valence-electron chi connectivity index (χ4n) is 3.92. The third-order valence-electron chi connectivity index (χ3n) is 5.78. The summed E-state index contributed by atoms with van der Waals surface area (Å²) in [6, 6.07) is 15.6. The lowest BCUT2D eigenvalue weighted by Crippen LogP contribution is -2.12. The Kier molecular flexibility index (Phi) is 8.41. The molecule has 0 saturated heterocycles. The molecule has 0 aliphatic rings. The zero-order chi connectivity index (χ0) is 28.3. The van der Waals surface area contributed by atoms with E-state index in [-0.39, 0.29) is 26.9 Å². The SMILES string of the molecule is CCOc1cc(NC(=O)c2cc3ccccc3c(N=Nc3cc(S(=O)(=O)O)c(CC)cc3Cl)c2O)ccc1Cl. The van der Waals surface area contributed by atoms with Crippen LogP contribution in [0.3, 0.4) is 0 Å². The molecular formula is C27H23Cl2N3O6S. The van der Waals surface area contributed by atoms with Crippen LogP contribution < -0.4 is 10.1 Å². The number of ether oxygens (including phenoxy) is 1. The summed E-state index contributed by atoms with van der Waals surface area (Å²) in [5.74, 6) is -0.687. The molecule has 0 heterocycles. The number of nitrogens with zero attached hydrogens (tertiary/aromatic N) is 2. The van der Waals surface area contributed by atoms with Crippen molar-refractivity contribution in [1.29, 1.82) is 0 Å². The van der Waals surface area contributed by atoms with Gasteiger partial charge in [0.25, 0.3) is 16.0 Å². The Bertz CT molecular complexity index is 1720. The number of phenols is 1. The fraction of sp³-hybridized carbons (Fsp3) is 0.148. The van der Waals surface area contributed by atoms with Crippen molar-refractivity contribution >= 4 is 67.1 Å². The highest BCUT2D eigenvalue weighted by molar-refractivity contribution is 7.85. The van der Waals surface area contributed by atoms with Gasteiger partial charge in [-0.05, 0) is 54.6 Å². The number of benzene rings is 4. The van der Waals surface area contributed by atoms with Gasteiger partial charge in [-0.15, -0.1) is 10.2 Å². The van der Waals surface area contributed by atoms with E-state index in [4.69, 9.17) is 27.9 Å². The second-order valence-electron chi connectivity index (χ2n) is 8.31. The van der Waals surface area contributed by atoms with Gasteiger partial charge in [-0.1, -0.05) is 54.4 Å². The molecule has 4 rings (SSSR count).